The fourth-order valence-electron chi connectivity index (χ4n) is 3.78. The number of aliphatic hydroxyl groups is 1. The van der Waals surface area contributed by atoms with Gasteiger partial charge in [-0.15, -0.1) is 0 Å². The first-order chi connectivity index (χ1) is 13.7. The Morgan fingerprint density at radius 2 is 1.93 bits per heavy atom. The van der Waals surface area contributed by atoms with Gasteiger partial charge in [0.2, 0.25) is 5.91 Å². The highest BCUT2D eigenvalue weighted by Gasteiger charge is 2.37. The minimum absolute atomic E-state index is 0.0741. The van der Waals surface area contributed by atoms with Gasteiger partial charge in [0.1, 0.15) is 0 Å². The quantitative estimate of drug-likeness (QED) is 0.702. The van der Waals surface area contributed by atoms with Gasteiger partial charge in [0.15, 0.2) is 0 Å². The van der Waals surface area contributed by atoms with E-state index < -0.39 is 17.3 Å². The number of piperidine rings is 1. The Morgan fingerprint density at radius 1 is 1.17 bits per heavy atom. The number of imidazole rings is 1. The minimum atomic E-state index is -4.46. The molecule has 152 valence electrons. The molecule has 1 aliphatic rings. The summed E-state index contributed by atoms with van der Waals surface area (Å²) in [7, 11) is 0. The Bertz CT molecular complexity index is 1040. The van der Waals surface area contributed by atoms with Crippen molar-refractivity contribution in [2.45, 2.75) is 31.0 Å². The number of nitrogens with one attached hydrogen (secondary N) is 1. The van der Waals surface area contributed by atoms with Crippen LogP contribution >= 0.6 is 0 Å². The van der Waals surface area contributed by atoms with E-state index in [9.17, 15) is 23.1 Å². The molecule has 3 aromatic rings. The van der Waals surface area contributed by atoms with Crippen molar-refractivity contribution in [1.82, 2.24) is 14.9 Å². The number of likely N-dealkylation sites (tertiary alicyclic amines) is 1. The summed E-state index contributed by atoms with van der Waals surface area (Å²) in [5.41, 5.74) is 0.622. The zero-order valence-electron chi connectivity index (χ0n) is 15.5. The van der Waals surface area contributed by atoms with Crippen LogP contribution in [0.25, 0.3) is 11.0 Å². The van der Waals surface area contributed by atoms with Gasteiger partial charge in [0, 0.05) is 13.1 Å². The number of halogens is 3. The number of aromatic nitrogens is 2. The molecule has 0 saturated carbocycles. The van der Waals surface area contributed by atoms with Crippen LogP contribution in [0.4, 0.5) is 13.2 Å². The molecular formula is C21H20F3N3O2. The van der Waals surface area contributed by atoms with Gasteiger partial charge in [-0.3, -0.25) is 4.79 Å². The van der Waals surface area contributed by atoms with Gasteiger partial charge in [-0.1, -0.05) is 18.2 Å². The highest BCUT2D eigenvalue weighted by atomic mass is 19.4. The molecule has 0 atom stereocenters. The number of H-pyrrole nitrogens is 1. The van der Waals surface area contributed by atoms with Crippen molar-refractivity contribution in [3.8, 4) is 0 Å². The average molecular weight is 403 g/mol. The molecule has 1 fully saturated rings. The number of fused-ring (bicyclic) bond motifs is 1. The molecule has 1 aliphatic heterocycles. The molecule has 1 aromatic heterocycles. The Kier molecular flexibility index (Phi) is 4.82. The highest BCUT2D eigenvalue weighted by Crippen LogP contribution is 2.36. The summed E-state index contributed by atoms with van der Waals surface area (Å²) in [6.45, 7) is 0.579. The van der Waals surface area contributed by atoms with Crippen LogP contribution in [-0.4, -0.2) is 39.0 Å². The number of nitrogens with zero attached hydrogens (tertiary/aromatic N) is 2. The van der Waals surface area contributed by atoms with E-state index in [1.165, 1.54) is 12.1 Å². The maximum absolute atomic E-state index is 13.0. The van der Waals surface area contributed by atoms with E-state index in [1.54, 1.807) is 11.2 Å². The van der Waals surface area contributed by atoms with Crippen molar-refractivity contribution in [3.05, 3.63) is 65.5 Å². The molecule has 2 heterocycles. The molecule has 4 rings (SSSR count). The van der Waals surface area contributed by atoms with E-state index in [0.29, 0.717) is 0 Å². The summed E-state index contributed by atoms with van der Waals surface area (Å²) in [6.07, 6.45) is -2.26. The summed E-state index contributed by atoms with van der Waals surface area (Å²) in [4.78, 5) is 21.5. The van der Waals surface area contributed by atoms with Crippen molar-refractivity contribution >= 4 is 16.9 Å². The molecule has 8 heteroatoms. The second-order valence-electron chi connectivity index (χ2n) is 7.42. The number of hydrogen-bond acceptors (Lipinski definition) is 3. The molecule has 29 heavy (non-hydrogen) atoms. The van der Waals surface area contributed by atoms with Crippen LogP contribution in [0.3, 0.4) is 0 Å². The fourth-order valence-corrected chi connectivity index (χ4v) is 3.78. The molecule has 0 radical (unpaired) electrons. The van der Waals surface area contributed by atoms with Crippen LogP contribution in [0.5, 0.6) is 0 Å². The lowest BCUT2D eigenvalue weighted by Crippen LogP contribution is -2.45. The van der Waals surface area contributed by atoms with Crippen LogP contribution < -0.4 is 0 Å². The van der Waals surface area contributed by atoms with Crippen molar-refractivity contribution in [2.24, 2.45) is 0 Å². The number of alkyl halides is 3. The maximum atomic E-state index is 13.0. The van der Waals surface area contributed by atoms with Crippen LogP contribution in [0.1, 0.15) is 29.5 Å². The zero-order chi connectivity index (χ0) is 20.6. The predicted octanol–water partition coefficient (Wildman–Crippen LogP) is 3.63. The first kappa shape index (κ1) is 19.4. The van der Waals surface area contributed by atoms with Crippen LogP contribution in [0.2, 0.25) is 0 Å². The molecule has 1 saturated heterocycles. The van der Waals surface area contributed by atoms with Gasteiger partial charge < -0.3 is 15.0 Å². The second-order valence-corrected chi connectivity index (χ2v) is 7.42. The monoisotopic (exact) mass is 403 g/mol. The van der Waals surface area contributed by atoms with Crippen molar-refractivity contribution < 1.29 is 23.1 Å². The Labute approximate surface area is 165 Å². The van der Waals surface area contributed by atoms with Crippen molar-refractivity contribution in [2.75, 3.05) is 13.1 Å². The van der Waals surface area contributed by atoms with E-state index in [4.69, 9.17) is 0 Å². The molecule has 5 nitrogen and oxygen atoms in total. The minimum Gasteiger partial charge on any atom is -0.385 e. The number of amides is 1. The second kappa shape index (κ2) is 7.18. The largest absolute Gasteiger partial charge is 0.416 e. The van der Waals surface area contributed by atoms with E-state index in [1.807, 2.05) is 18.2 Å². The van der Waals surface area contributed by atoms with Gasteiger partial charge in [0.05, 0.1) is 34.9 Å². The lowest BCUT2D eigenvalue weighted by atomic mass is 9.83. The summed E-state index contributed by atoms with van der Waals surface area (Å²) in [5.74, 6) is -0.0741. The van der Waals surface area contributed by atoms with E-state index in [-0.39, 0.29) is 43.8 Å². The average Bonchev–Trinajstić information content (AvgIpc) is 3.16. The van der Waals surface area contributed by atoms with E-state index >= 15 is 0 Å². The number of rotatable bonds is 3. The maximum Gasteiger partial charge on any atom is 0.416 e. The molecule has 1 amide bonds. The number of carbonyl (C=O) groups is 1. The molecule has 2 N–H and O–H groups in total. The summed E-state index contributed by atoms with van der Waals surface area (Å²) >= 11 is 0. The van der Waals surface area contributed by atoms with Crippen molar-refractivity contribution in [3.63, 3.8) is 0 Å². The number of benzene rings is 2. The van der Waals surface area contributed by atoms with Gasteiger partial charge >= 0.3 is 6.18 Å². The topological polar surface area (TPSA) is 69.2 Å². The summed E-state index contributed by atoms with van der Waals surface area (Å²) in [6, 6.07) is 10.4. The molecule has 2 aromatic carbocycles. The summed E-state index contributed by atoms with van der Waals surface area (Å²) in [5, 5.41) is 10.9. The van der Waals surface area contributed by atoms with Crippen LogP contribution in [-0.2, 0) is 23.0 Å². The molecule has 0 spiro atoms. The predicted molar refractivity (Wildman–Crippen MR) is 101 cm³/mol. The molecular weight excluding hydrogens is 383 g/mol. The number of aromatic amines is 1. The Morgan fingerprint density at radius 3 is 2.66 bits per heavy atom. The normalized spacial score (nSPS) is 16.9. The van der Waals surface area contributed by atoms with Gasteiger partial charge in [-0.2, -0.15) is 13.2 Å². The summed E-state index contributed by atoms with van der Waals surface area (Å²) < 4.78 is 38.9. The Balaban J connectivity index is 1.42. The lowest BCUT2D eigenvalue weighted by Gasteiger charge is -2.38. The van der Waals surface area contributed by atoms with Crippen molar-refractivity contribution in [1.29, 1.82) is 0 Å². The fraction of sp³-hybridized carbons (Fsp3) is 0.333. The standard InChI is InChI=1S/C21H20F3N3O2/c22-21(23,24)16-3-1-2-15(12-16)20(29)6-8-27(9-7-20)19(28)11-14-4-5-17-18(10-14)26-13-25-17/h1-5,10,12-13,29H,6-9,11H2,(H,25,26). The number of hydrogen-bond donors (Lipinski definition) is 2. The van der Waals surface area contributed by atoms with E-state index in [0.717, 1.165) is 28.7 Å². The molecule has 0 aliphatic carbocycles. The van der Waals surface area contributed by atoms with E-state index in [2.05, 4.69) is 9.97 Å². The van der Waals surface area contributed by atoms with Crippen LogP contribution in [0.15, 0.2) is 48.8 Å². The first-order valence-electron chi connectivity index (χ1n) is 9.34. The highest BCUT2D eigenvalue weighted by molar-refractivity contribution is 5.81. The number of carbonyl (C=O) groups excluding carboxylic acids is 1. The van der Waals surface area contributed by atoms with Crippen LogP contribution in [0, 0.1) is 0 Å². The lowest BCUT2D eigenvalue weighted by molar-refractivity contribution is -0.137. The Hall–Kier alpha value is -2.87. The zero-order valence-corrected chi connectivity index (χ0v) is 15.5. The third-order valence-corrected chi connectivity index (χ3v) is 5.51. The van der Waals surface area contributed by atoms with Gasteiger partial charge in [-0.05, 0) is 48.2 Å². The third kappa shape index (κ3) is 3.98. The SMILES string of the molecule is O=C(Cc1ccc2nc[nH]c2c1)N1CCC(O)(c2cccc(C(F)(F)F)c2)CC1. The van der Waals surface area contributed by atoms with Gasteiger partial charge in [0.25, 0.3) is 0 Å². The molecule has 0 bridgehead atoms. The smallest absolute Gasteiger partial charge is 0.385 e. The molecule has 0 unspecified atom stereocenters. The van der Waals surface area contributed by atoms with Gasteiger partial charge in [-0.25, -0.2) is 4.98 Å². The third-order valence-electron chi connectivity index (χ3n) is 5.51. The first-order valence-corrected chi connectivity index (χ1v) is 9.34.